The predicted octanol–water partition coefficient (Wildman–Crippen LogP) is 10.6. The zero-order valence-corrected chi connectivity index (χ0v) is 25.1. The smallest absolute Gasteiger partial charge is 0.143 e. The van der Waals surface area contributed by atoms with Crippen LogP contribution in [0.15, 0.2) is 150 Å². The van der Waals surface area contributed by atoms with Crippen LogP contribution in [0.25, 0.3) is 88.5 Å². The van der Waals surface area contributed by atoms with E-state index in [2.05, 4.69) is 76.7 Å². The van der Waals surface area contributed by atoms with Crippen molar-refractivity contribution >= 4 is 43.5 Å². The number of nitriles is 1. The van der Waals surface area contributed by atoms with E-state index in [1.54, 1.807) is 12.4 Å². The van der Waals surface area contributed by atoms with Gasteiger partial charge in [-0.15, -0.1) is 0 Å². The number of benzene rings is 5. The molecule has 9 rings (SSSR count). The topological polar surface area (TPSA) is 75.6 Å². The summed E-state index contributed by atoms with van der Waals surface area (Å²) >= 11 is 0. The summed E-state index contributed by atoms with van der Waals surface area (Å²) in [6.07, 6.45) is 3.57. The molecule has 0 saturated carbocycles. The minimum Gasteiger partial charge on any atom is -0.455 e. The number of furan rings is 1. The van der Waals surface area contributed by atoms with Crippen LogP contribution >= 0.6 is 0 Å². The number of rotatable bonds is 4. The minimum absolute atomic E-state index is 0.640. The summed E-state index contributed by atoms with van der Waals surface area (Å²) < 4.78 is 6.66. The molecule has 0 aliphatic heterocycles. The quantitative estimate of drug-likeness (QED) is 0.188. The zero-order chi connectivity index (χ0) is 31.3. The molecule has 0 fully saturated rings. The van der Waals surface area contributed by atoms with E-state index < -0.39 is 0 Å². The molecule has 4 aromatic heterocycles. The van der Waals surface area contributed by atoms with E-state index in [0.29, 0.717) is 5.56 Å². The fraction of sp³-hybridized carbons (Fsp3) is 0. The Hall–Kier alpha value is -6.64. The molecule has 9 aromatic rings. The summed E-state index contributed by atoms with van der Waals surface area (Å²) in [6.45, 7) is 0. The molecule has 0 spiro atoms. The van der Waals surface area contributed by atoms with E-state index in [1.165, 1.54) is 0 Å². The molecule has 0 radical (unpaired) electrons. The molecule has 5 aromatic carbocycles. The fourth-order valence-corrected chi connectivity index (χ4v) is 6.57. The van der Waals surface area contributed by atoms with Crippen molar-refractivity contribution in [2.45, 2.75) is 0 Å². The lowest BCUT2D eigenvalue weighted by atomic mass is 9.91. The Morgan fingerprint density at radius 1 is 0.468 bits per heavy atom. The first-order chi connectivity index (χ1) is 23.2. The van der Waals surface area contributed by atoms with Crippen LogP contribution in [0.3, 0.4) is 0 Å². The van der Waals surface area contributed by atoms with Crippen LogP contribution in [0, 0.1) is 11.3 Å². The minimum atomic E-state index is 0.640. The number of fused-ring (bicyclic) bond motifs is 8. The SMILES string of the molecule is N#Cc1cccc(-c2ccc3c4ccc(-c5cc(-c6ccccn6)nc(-c6ccccn6)c5)cc4c4oc5ccccc5c4c3c2)c1. The number of hydrogen-bond acceptors (Lipinski definition) is 5. The molecule has 0 amide bonds. The van der Waals surface area contributed by atoms with Crippen LogP contribution in [0.2, 0.25) is 0 Å². The molecule has 0 N–H and O–H groups in total. The van der Waals surface area contributed by atoms with E-state index in [4.69, 9.17) is 9.40 Å². The van der Waals surface area contributed by atoms with Gasteiger partial charge in [0.2, 0.25) is 0 Å². The van der Waals surface area contributed by atoms with Gasteiger partial charge < -0.3 is 4.42 Å². The first kappa shape index (κ1) is 26.7. The maximum absolute atomic E-state index is 9.51. The van der Waals surface area contributed by atoms with Crippen LogP contribution in [0.1, 0.15) is 5.56 Å². The average molecular weight is 601 g/mol. The van der Waals surface area contributed by atoms with Gasteiger partial charge in [-0.25, -0.2) is 4.98 Å². The third-order valence-corrected chi connectivity index (χ3v) is 8.78. The molecule has 0 atom stereocenters. The van der Waals surface area contributed by atoms with Crippen molar-refractivity contribution < 1.29 is 4.42 Å². The monoisotopic (exact) mass is 600 g/mol. The third-order valence-electron chi connectivity index (χ3n) is 8.78. The van der Waals surface area contributed by atoms with Gasteiger partial charge in [0, 0.05) is 28.6 Å². The maximum Gasteiger partial charge on any atom is 0.143 e. The molecular formula is C42H24N4O. The number of aromatic nitrogens is 3. The maximum atomic E-state index is 9.51. The molecule has 0 saturated heterocycles. The highest BCUT2D eigenvalue weighted by Gasteiger charge is 2.18. The van der Waals surface area contributed by atoms with Crippen LogP contribution in [-0.2, 0) is 0 Å². The molecule has 5 heteroatoms. The molecule has 4 heterocycles. The van der Waals surface area contributed by atoms with E-state index in [0.717, 1.165) is 88.5 Å². The van der Waals surface area contributed by atoms with Crippen molar-refractivity contribution in [2.24, 2.45) is 0 Å². The van der Waals surface area contributed by atoms with Gasteiger partial charge in [-0.05, 0) is 105 Å². The molecule has 218 valence electrons. The van der Waals surface area contributed by atoms with Crippen molar-refractivity contribution in [3.63, 3.8) is 0 Å². The molecular weight excluding hydrogens is 576 g/mol. The molecule has 47 heavy (non-hydrogen) atoms. The van der Waals surface area contributed by atoms with Gasteiger partial charge in [-0.2, -0.15) is 5.26 Å². The summed E-state index contributed by atoms with van der Waals surface area (Å²) in [6, 6.07) is 47.3. The van der Waals surface area contributed by atoms with Gasteiger partial charge in [-0.1, -0.05) is 66.7 Å². The Balaban J connectivity index is 1.31. The van der Waals surface area contributed by atoms with Gasteiger partial charge in [-0.3, -0.25) is 9.97 Å². The highest BCUT2D eigenvalue weighted by Crippen LogP contribution is 2.43. The Morgan fingerprint density at radius 3 is 1.81 bits per heavy atom. The Labute approximate surface area is 270 Å². The Morgan fingerprint density at radius 2 is 1.11 bits per heavy atom. The summed E-state index contributed by atoms with van der Waals surface area (Å²) in [5.41, 5.74) is 9.61. The second-order valence-electron chi connectivity index (χ2n) is 11.6. The molecule has 0 bridgehead atoms. The average Bonchev–Trinajstić information content (AvgIpc) is 3.55. The summed E-state index contributed by atoms with van der Waals surface area (Å²) in [5.74, 6) is 0. The number of hydrogen-bond donors (Lipinski definition) is 0. The largest absolute Gasteiger partial charge is 0.455 e. The van der Waals surface area contributed by atoms with Gasteiger partial charge in [0.15, 0.2) is 0 Å². The second-order valence-corrected chi connectivity index (χ2v) is 11.6. The van der Waals surface area contributed by atoms with Crippen molar-refractivity contribution in [3.8, 4) is 51.1 Å². The van der Waals surface area contributed by atoms with Gasteiger partial charge in [0.25, 0.3) is 0 Å². The van der Waals surface area contributed by atoms with E-state index in [9.17, 15) is 5.26 Å². The Kier molecular flexibility index (Phi) is 6.12. The van der Waals surface area contributed by atoms with Gasteiger partial charge >= 0.3 is 0 Å². The standard InChI is InChI=1S/C42H24N4O/c43-25-26-8-7-9-27(20-26)28-14-16-31-32-17-15-29(22-35(32)42-41(34(31)21-28)33-10-1-2-13-40(33)47-42)30-23-38(36-11-3-5-18-44-36)46-39(24-30)37-12-4-6-19-45-37/h1-24H. The van der Waals surface area contributed by atoms with E-state index in [-0.39, 0.29) is 0 Å². The summed E-state index contributed by atoms with van der Waals surface area (Å²) in [4.78, 5) is 14.1. The zero-order valence-electron chi connectivity index (χ0n) is 25.1. The Bertz CT molecular complexity index is 2630. The van der Waals surface area contributed by atoms with E-state index in [1.807, 2.05) is 72.8 Å². The first-order valence-electron chi connectivity index (χ1n) is 15.4. The van der Waals surface area contributed by atoms with Crippen LogP contribution in [0.5, 0.6) is 0 Å². The third kappa shape index (κ3) is 4.51. The normalized spacial score (nSPS) is 11.4. The predicted molar refractivity (Wildman–Crippen MR) is 189 cm³/mol. The summed E-state index contributed by atoms with van der Waals surface area (Å²) in [5, 5.41) is 16.1. The molecule has 0 unspecified atom stereocenters. The van der Waals surface area contributed by atoms with E-state index >= 15 is 0 Å². The highest BCUT2D eigenvalue weighted by atomic mass is 16.3. The number of pyridine rings is 3. The molecule has 0 aliphatic rings. The highest BCUT2D eigenvalue weighted by molar-refractivity contribution is 6.30. The second kappa shape index (κ2) is 10.8. The van der Waals surface area contributed by atoms with Crippen molar-refractivity contribution in [2.75, 3.05) is 0 Å². The lowest BCUT2D eigenvalue weighted by Gasteiger charge is -2.12. The first-order valence-corrected chi connectivity index (χ1v) is 15.4. The number of nitrogens with zero attached hydrogens (tertiary/aromatic N) is 4. The lowest BCUT2D eigenvalue weighted by Crippen LogP contribution is -1.94. The van der Waals surface area contributed by atoms with Crippen molar-refractivity contribution in [1.29, 1.82) is 5.26 Å². The number of para-hydroxylation sites is 1. The molecule has 5 nitrogen and oxygen atoms in total. The van der Waals surface area contributed by atoms with Crippen LogP contribution < -0.4 is 0 Å². The van der Waals surface area contributed by atoms with Crippen LogP contribution in [0.4, 0.5) is 0 Å². The fourth-order valence-electron chi connectivity index (χ4n) is 6.57. The summed E-state index contributed by atoms with van der Waals surface area (Å²) in [7, 11) is 0. The lowest BCUT2D eigenvalue weighted by molar-refractivity contribution is 0.673. The van der Waals surface area contributed by atoms with Crippen LogP contribution in [-0.4, -0.2) is 15.0 Å². The van der Waals surface area contributed by atoms with Crippen molar-refractivity contribution in [3.05, 3.63) is 151 Å². The van der Waals surface area contributed by atoms with Crippen molar-refractivity contribution in [1.82, 2.24) is 15.0 Å². The van der Waals surface area contributed by atoms with Gasteiger partial charge in [0.1, 0.15) is 11.2 Å². The van der Waals surface area contributed by atoms with Gasteiger partial charge in [0.05, 0.1) is 34.4 Å². The molecule has 0 aliphatic carbocycles.